The van der Waals surface area contributed by atoms with Crippen molar-refractivity contribution >= 4 is 11.8 Å². The molecule has 0 N–H and O–H groups in total. The predicted molar refractivity (Wildman–Crippen MR) is 113 cm³/mol. The van der Waals surface area contributed by atoms with E-state index in [-0.39, 0.29) is 17.7 Å². The first-order chi connectivity index (χ1) is 13.8. The van der Waals surface area contributed by atoms with Gasteiger partial charge in [-0.2, -0.15) is 0 Å². The highest BCUT2D eigenvalue weighted by molar-refractivity contribution is 5.95. The lowest BCUT2D eigenvalue weighted by Crippen LogP contribution is -2.50. The van der Waals surface area contributed by atoms with Crippen LogP contribution in [0.15, 0.2) is 36.7 Å². The molecule has 1 fully saturated rings. The number of hydrogen-bond donors (Lipinski definition) is 0. The Morgan fingerprint density at radius 1 is 1.03 bits per heavy atom. The van der Waals surface area contributed by atoms with Crippen molar-refractivity contribution in [2.45, 2.75) is 39.0 Å². The standard InChI is InChI=1S/C23H30N4O2/c1-15(2)20-11-19(7-8-24-20)23(29)27-13-17(14-27)10-16(3)21-12-18(6-9-25-21)22(28)26(4)5/h6-9,11-12,15-17H,10,13-14H2,1-5H3. The Balaban J connectivity index is 1.57. The fourth-order valence-corrected chi connectivity index (χ4v) is 3.69. The molecule has 2 aromatic heterocycles. The summed E-state index contributed by atoms with van der Waals surface area (Å²) in [6, 6.07) is 7.34. The van der Waals surface area contributed by atoms with Crippen molar-refractivity contribution in [3.8, 4) is 0 Å². The van der Waals surface area contributed by atoms with Gasteiger partial charge in [0.15, 0.2) is 0 Å². The van der Waals surface area contributed by atoms with E-state index in [1.165, 1.54) is 0 Å². The average Bonchev–Trinajstić information content (AvgIpc) is 2.69. The number of likely N-dealkylation sites (tertiary alicyclic amines) is 1. The molecule has 0 aliphatic carbocycles. The Bertz CT molecular complexity index is 888. The van der Waals surface area contributed by atoms with E-state index >= 15 is 0 Å². The molecule has 0 bridgehead atoms. The van der Waals surface area contributed by atoms with Gasteiger partial charge in [0, 0.05) is 62.1 Å². The Morgan fingerprint density at radius 3 is 2.24 bits per heavy atom. The summed E-state index contributed by atoms with van der Waals surface area (Å²) in [5.74, 6) is 1.06. The zero-order valence-electron chi connectivity index (χ0n) is 17.9. The molecule has 0 saturated carbocycles. The van der Waals surface area contributed by atoms with E-state index in [4.69, 9.17) is 0 Å². The molecule has 1 unspecified atom stereocenters. The van der Waals surface area contributed by atoms with E-state index in [2.05, 4.69) is 30.7 Å². The third-order valence-corrected chi connectivity index (χ3v) is 5.49. The van der Waals surface area contributed by atoms with Gasteiger partial charge in [-0.1, -0.05) is 20.8 Å². The normalized spacial score (nSPS) is 15.2. The molecule has 1 atom stereocenters. The Morgan fingerprint density at radius 2 is 1.62 bits per heavy atom. The first-order valence-electron chi connectivity index (χ1n) is 10.2. The number of carbonyl (C=O) groups excluding carboxylic acids is 2. The zero-order valence-corrected chi connectivity index (χ0v) is 17.9. The van der Waals surface area contributed by atoms with Crippen molar-refractivity contribution in [1.82, 2.24) is 19.8 Å². The molecule has 0 spiro atoms. The minimum atomic E-state index is -0.0145. The second-order valence-electron chi connectivity index (χ2n) is 8.51. The molecule has 6 heteroatoms. The molecule has 0 aromatic carbocycles. The summed E-state index contributed by atoms with van der Waals surface area (Å²) in [7, 11) is 3.50. The SMILES string of the molecule is CC(C)c1cc(C(=O)N2CC(CC(C)c3cc(C(=O)N(C)C)ccn3)C2)ccn1. The second-order valence-corrected chi connectivity index (χ2v) is 8.51. The summed E-state index contributed by atoms with van der Waals surface area (Å²) < 4.78 is 0. The van der Waals surface area contributed by atoms with Crippen LogP contribution in [0.25, 0.3) is 0 Å². The summed E-state index contributed by atoms with van der Waals surface area (Å²) in [6.45, 7) is 7.81. The number of pyridine rings is 2. The van der Waals surface area contributed by atoms with Gasteiger partial charge in [0.25, 0.3) is 11.8 Å². The number of hydrogen-bond acceptors (Lipinski definition) is 4. The quantitative estimate of drug-likeness (QED) is 0.751. The summed E-state index contributed by atoms with van der Waals surface area (Å²) in [5.41, 5.74) is 3.25. The molecular weight excluding hydrogens is 364 g/mol. The topological polar surface area (TPSA) is 66.4 Å². The third kappa shape index (κ3) is 4.81. The van der Waals surface area contributed by atoms with Crippen LogP contribution < -0.4 is 0 Å². The number of rotatable bonds is 6. The summed E-state index contributed by atoms with van der Waals surface area (Å²) in [5, 5.41) is 0. The lowest BCUT2D eigenvalue weighted by Gasteiger charge is -2.40. The van der Waals surface area contributed by atoms with Crippen LogP contribution in [0, 0.1) is 5.92 Å². The molecule has 3 heterocycles. The number of carbonyl (C=O) groups is 2. The van der Waals surface area contributed by atoms with Gasteiger partial charge in [0.2, 0.25) is 0 Å². The van der Waals surface area contributed by atoms with Crippen LogP contribution in [0.5, 0.6) is 0 Å². The van der Waals surface area contributed by atoms with Gasteiger partial charge in [0.05, 0.1) is 0 Å². The maximum atomic E-state index is 12.7. The van der Waals surface area contributed by atoms with E-state index in [0.29, 0.717) is 23.0 Å². The van der Waals surface area contributed by atoms with Crippen LogP contribution in [-0.4, -0.2) is 58.8 Å². The molecule has 1 aliphatic rings. The van der Waals surface area contributed by atoms with Crippen LogP contribution >= 0.6 is 0 Å². The predicted octanol–water partition coefficient (Wildman–Crippen LogP) is 3.57. The van der Waals surface area contributed by atoms with Crippen LogP contribution in [0.1, 0.15) is 71.1 Å². The number of nitrogens with zero attached hydrogens (tertiary/aromatic N) is 4. The van der Waals surface area contributed by atoms with Crippen molar-refractivity contribution in [3.05, 3.63) is 59.2 Å². The molecule has 0 radical (unpaired) electrons. The van der Waals surface area contributed by atoms with Gasteiger partial charge in [-0.05, 0) is 48.4 Å². The average molecular weight is 395 g/mol. The van der Waals surface area contributed by atoms with Crippen LogP contribution in [0.4, 0.5) is 0 Å². The van der Waals surface area contributed by atoms with Crippen molar-refractivity contribution in [1.29, 1.82) is 0 Å². The minimum absolute atomic E-state index is 0.0145. The Hall–Kier alpha value is -2.76. The number of aromatic nitrogens is 2. The summed E-state index contributed by atoms with van der Waals surface area (Å²) in [4.78, 5) is 37.2. The van der Waals surface area contributed by atoms with Crippen LogP contribution in [0.3, 0.4) is 0 Å². The van der Waals surface area contributed by atoms with Crippen LogP contribution in [0.2, 0.25) is 0 Å². The van der Waals surface area contributed by atoms with Crippen molar-refractivity contribution in [3.63, 3.8) is 0 Å². The smallest absolute Gasteiger partial charge is 0.253 e. The fourth-order valence-electron chi connectivity index (χ4n) is 3.69. The van der Waals surface area contributed by atoms with Gasteiger partial charge < -0.3 is 9.80 Å². The molecule has 3 rings (SSSR count). The lowest BCUT2D eigenvalue weighted by atomic mass is 9.87. The number of amides is 2. The summed E-state index contributed by atoms with van der Waals surface area (Å²) >= 11 is 0. The Labute approximate surface area is 173 Å². The highest BCUT2D eigenvalue weighted by Gasteiger charge is 2.32. The van der Waals surface area contributed by atoms with Crippen molar-refractivity contribution in [2.75, 3.05) is 27.2 Å². The molecule has 154 valence electrons. The molecule has 2 amide bonds. The van der Waals surface area contributed by atoms with E-state index in [0.717, 1.165) is 30.9 Å². The van der Waals surface area contributed by atoms with Crippen molar-refractivity contribution < 1.29 is 9.59 Å². The van der Waals surface area contributed by atoms with Crippen molar-refractivity contribution in [2.24, 2.45) is 5.92 Å². The highest BCUT2D eigenvalue weighted by Crippen LogP contribution is 2.29. The van der Waals surface area contributed by atoms with E-state index < -0.39 is 0 Å². The molecule has 1 saturated heterocycles. The van der Waals surface area contributed by atoms with E-state index in [1.807, 2.05) is 17.0 Å². The molecule has 29 heavy (non-hydrogen) atoms. The minimum Gasteiger partial charge on any atom is -0.345 e. The van der Waals surface area contributed by atoms with Gasteiger partial charge in [0.1, 0.15) is 0 Å². The van der Waals surface area contributed by atoms with E-state index in [1.54, 1.807) is 43.5 Å². The first-order valence-corrected chi connectivity index (χ1v) is 10.2. The zero-order chi connectivity index (χ0) is 21.1. The van der Waals surface area contributed by atoms with E-state index in [9.17, 15) is 9.59 Å². The summed E-state index contributed by atoms with van der Waals surface area (Å²) in [6.07, 6.45) is 4.37. The third-order valence-electron chi connectivity index (χ3n) is 5.49. The van der Waals surface area contributed by atoms with Crippen LogP contribution in [-0.2, 0) is 0 Å². The van der Waals surface area contributed by atoms with Gasteiger partial charge >= 0.3 is 0 Å². The second kappa shape index (κ2) is 8.72. The highest BCUT2D eigenvalue weighted by atomic mass is 16.2. The molecule has 1 aliphatic heterocycles. The Kier molecular flexibility index (Phi) is 6.30. The van der Waals surface area contributed by atoms with Gasteiger partial charge in [-0.15, -0.1) is 0 Å². The largest absolute Gasteiger partial charge is 0.345 e. The fraction of sp³-hybridized carbons (Fsp3) is 0.478. The first kappa shape index (κ1) is 21.0. The maximum Gasteiger partial charge on any atom is 0.253 e. The molecule has 6 nitrogen and oxygen atoms in total. The molecule has 2 aromatic rings. The monoisotopic (exact) mass is 394 g/mol. The molecular formula is C23H30N4O2. The maximum absolute atomic E-state index is 12.7. The lowest BCUT2D eigenvalue weighted by molar-refractivity contribution is 0.0473. The van der Waals surface area contributed by atoms with Gasteiger partial charge in [-0.25, -0.2) is 0 Å². The van der Waals surface area contributed by atoms with Gasteiger partial charge in [-0.3, -0.25) is 19.6 Å².